The first-order chi connectivity index (χ1) is 19.3. The third-order valence-corrected chi connectivity index (χ3v) is 5.34. The Morgan fingerprint density at radius 2 is 1.15 bits per heavy atom. The summed E-state index contributed by atoms with van der Waals surface area (Å²) in [5, 5.41) is 77.0. The van der Waals surface area contributed by atoms with Gasteiger partial charge in [0.1, 0.15) is 31.5 Å². The molecule has 41 heavy (non-hydrogen) atoms. The third-order valence-electron chi connectivity index (χ3n) is 4.49. The maximum atomic E-state index is 11.9. The van der Waals surface area contributed by atoms with Crippen LogP contribution in [0.25, 0.3) is 0 Å². The van der Waals surface area contributed by atoms with Crippen molar-refractivity contribution in [3.63, 3.8) is 0 Å². The molecule has 0 aromatic heterocycles. The normalized spacial score (nSPS) is 14.0. The number of hydrogen-bond acceptors (Lipinski definition) is 22. The highest BCUT2D eigenvalue weighted by molar-refractivity contribution is 8.13. The molecule has 0 heterocycles. The number of rotatable bonds is 24. The number of unbranched alkanes of at least 4 members (excludes halogenated alkanes) is 2. The van der Waals surface area contributed by atoms with Gasteiger partial charge in [-0.2, -0.15) is 0 Å². The number of ether oxygens (including phenoxy) is 2. The first-order valence-corrected chi connectivity index (χ1v) is 12.5. The molecule has 0 saturated heterocycles. The maximum Gasteiger partial charge on any atom is 0.407 e. The lowest BCUT2D eigenvalue weighted by atomic mass is 10.2. The zero-order chi connectivity index (χ0) is 31.2. The molecule has 0 aliphatic heterocycles. The Morgan fingerprint density at radius 3 is 1.56 bits per heavy atom. The third kappa shape index (κ3) is 24.2. The number of carboxylic acid groups (broad SMARTS) is 1. The van der Waals surface area contributed by atoms with Crippen LogP contribution in [0.2, 0.25) is 0 Å². The number of thioether (sulfide) groups is 1. The quantitative estimate of drug-likeness (QED) is 0.0386. The van der Waals surface area contributed by atoms with Gasteiger partial charge in [-0.15, -0.1) is 0 Å². The highest BCUT2D eigenvalue weighted by Crippen LogP contribution is 2.12. The lowest BCUT2D eigenvalue weighted by molar-refractivity contribution is -0.527. The van der Waals surface area contributed by atoms with Crippen molar-refractivity contribution in [2.24, 2.45) is 0 Å². The van der Waals surface area contributed by atoms with Crippen LogP contribution in [0.1, 0.15) is 38.5 Å². The summed E-state index contributed by atoms with van der Waals surface area (Å²) >= 11 is 0.485. The van der Waals surface area contributed by atoms with E-state index in [1.165, 1.54) is 0 Å². The monoisotopic (exact) mass is 629 g/mol. The molecule has 10 N–H and O–H groups in total. The van der Waals surface area contributed by atoms with E-state index in [2.05, 4.69) is 24.7 Å². The van der Waals surface area contributed by atoms with Gasteiger partial charge in [-0.25, -0.2) is 33.7 Å². The zero-order valence-electron chi connectivity index (χ0n) is 21.4. The molecule has 242 valence electrons. The second-order valence-electron chi connectivity index (χ2n) is 7.63. The Balaban J connectivity index is 4.24. The van der Waals surface area contributed by atoms with Crippen LogP contribution >= 0.6 is 11.8 Å². The van der Waals surface area contributed by atoms with Crippen LogP contribution < -0.4 is 5.32 Å². The van der Waals surface area contributed by atoms with Crippen molar-refractivity contribution >= 4 is 29.1 Å². The molecule has 0 rings (SSSR count). The van der Waals surface area contributed by atoms with E-state index in [0.717, 1.165) is 0 Å². The van der Waals surface area contributed by atoms with Gasteiger partial charge in [0, 0.05) is 5.75 Å². The molecule has 0 aliphatic rings. The minimum absolute atomic E-state index is 0.0916. The van der Waals surface area contributed by atoms with E-state index in [0.29, 0.717) is 18.2 Å². The van der Waals surface area contributed by atoms with Crippen LogP contribution in [0.15, 0.2) is 0 Å². The summed E-state index contributed by atoms with van der Waals surface area (Å²) in [5.74, 6) is -1.83. The van der Waals surface area contributed by atoms with E-state index >= 15 is 0 Å². The molecule has 23 nitrogen and oxygen atoms in total. The Kier molecular flexibility index (Phi) is 22.3. The summed E-state index contributed by atoms with van der Waals surface area (Å²) in [6, 6.07) is -1.49. The number of amides is 1. The van der Waals surface area contributed by atoms with E-state index in [9.17, 15) is 19.5 Å². The van der Waals surface area contributed by atoms with Crippen LogP contribution in [0, 0.1) is 0 Å². The minimum atomic E-state index is -1.49. The standard InChI is InChI=1S/C17H35N5O18S/c23-15(24)14(18-16(25)35-7-3-1-5-12(39-21(31)32)9-37-19(27)28)11-41-17(26)36-8-4-2-6-13(40-22(33)34)10-38-20(29)30/h12-14,27-34H,1-11H2,(H,18,25)(H,23,24). The van der Waals surface area contributed by atoms with Gasteiger partial charge in [-0.3, -0.25) is 41.7 Å². The van der Waals surface area contributed by atoms with Gasteiger partial charge in [0.15, 0.2) is 0 Å². The molecule has 0 saturated carbocycles. The topological polar surface area (TPSA) is 314 Å². The van der Waals surface area contributed by atoms with Crippen molar-refractivity contribution in [2.75, 3.05) is 32.2 Å². The fraction of sp³-hybridized carbons (Fsp3) is 0.824. The second-order valence-corrected chi connectivity index (χ2v) is 8.58. The first-order valence-electron chi connectivity index (χ1n) is 11.6. The van der Waals surface area contributed by atoms with Gasteiger partial charge in [-0.05, 0) is 50.3 Å². The van der Waals surface area contributed by atoms with Crippen LogP contribution in [0.3, 0.4) is 0 Å². The first kappa shape index (κ1) is 38.9. The number of aliphatic carboxylic acids is 1. The lowest BCUT2D eigenvalue weighted by Crippen LogP contribution is -2.43. The van der Waals surface area contributed by atoms with Crippen molar-refractivity contribution in [1.82, 2.24) is 26.9 Å². The van der Waals surface area contributed by atoms with Gasteiger partial charge in [0.05, 0.1) is 34.8 Å². The predicted octanol–water partition coefficient (Wildman–Crippen LogP) is 0.161. The van der Waals surface area contributed by atoms with E-state index in [-0.39, 0.29) is 51.1 Å². The summed E-state index contributed by atoms with van der Waals surface area (Å²) in [4.78, 5) is 52.8. The summed E-state index contributed by atoms with van der Waals surface area (Å²) in [6.45, 7) is -1.19. The van der Waals surface area contributed by atoms with Gasteiger partial charge in [-0.1, -0.05) is 0 Å². The van der Waals surface area contributed by atoms with Crippen molar-refractivity contribution in [3.8, 4) is 0 Å². The van der Waals surface area contributed by atoms with Crippen molar-refractivity contribution < 1.29 is 90.0 Å². The highest BCUT2D eigenvalue weighted by Gasteiger charge is 2.23. The van der Waals surface area contributed by atoms with Crippen LogP contribution in [0.4, 0.5) is 9.59 Å². The number of nitrogens with one attached hydrogen (secondary N) is 1. The SMILES string of the molecule is O=C(NC(CSC(=O)OCCCCC(CON(O)O)ON(O)O)C(=O)O)OCCCCC(CON(O)O)ON(O)O. The van der Waals surface area contributed by atoms with Gasteiger partial charge >= 0.3 is 17.4 Å². The Bertz CT molecular complexity index is 723. The number of carboxylic acids is 1. The van der Waals surface area contributed by atoms with Crippen LogP contribution in [-0.4, -0.2) is 136 Å². The summed E-state index contributed by atoms with van der Waals surface area (Å²) < 4.78 is 9.80. The van der Waals surface area contributed by atoms with Gasteiger partial charge < -0.3 is 19.9 Å². The molecular formula is C17H35N5O18S. The number of nitrogens with zero attached hydrogens (tertiary/aromatic N) is 4. The molecule has 0 aliphatic carbocycles. The number of carbonyl (C=O) groups excluding carboxylic acids is 2. The lowest BCUT2D eigenvalue weighted by Gasteiger charge is -2.19. The zero-order valence-corrected chi connectivity index (χ0v) is 22.2. The predicted molar refractivity (Wildman–Crippen MR) is 121 cm³/mol. The molecule has 0 aromatic carbocycles. The molecule has 0 bridgehead atoms. The Labute approximate surface area is 235 Å². The smallest absolute Gasteiger partial charge is 0.407 e. The van der Waals surface area contributed by atoms with E-state index in [1.54, 1.807) is 0 Å². The molecule has 0 aromatic rings. The maximum absolute atomic E-state index is 11.9. The summed E-state index contributed by atoms with van der Waals surface area (Å²) in [7, 11) is 0. The molecule has 0 radical (unpaired) electrons. The molecule has 3 unspecified atom stereocenters. The Hall–Kier alpha value is -2.08. The fourth-order valence-corrected chi connectivity index (χ4v) is 3.41. The van der Waals surface area contributed by atoms with Crippen molar-refractivity contribution in [1.29, 1.82) is 0 Å². The largest absolute Gasteiger partial charge is 0.480 e. The second kappa shape index (κ2) is 23.5. The minimum Gasteiger partial charge on any atom is -0.480 e. The molecule has 3 atom stereocenters. The van der Waals surface area contributed by atoms with E-state index in [4.69, 9.17) is 51.1 Å². The number of alkyl carbamates (subject to hydrolysis) is 1. The van der Waals surface area contributed by atoms with Gasteiger partial charge in [0.2, 0.25) is 0 Å². The fourth-order valence-electron chi connectivity index (χ4n) is 2.72. The average molecular weight is 630 g/mol. The van der Waals surface area contributed by atoms with Crippen LogP contribution in [0.5, 0.6) is 0 Å². The molecular weight excluding hydrogens is 594 g/mol. The molecule has 24 heteroatoms. The average Bonchev–Trinajstić information content (AvgIpc) is 2.86. The number of hydrogen-bond donors (Lipinski definition) is 10. The van der Waals surface area contributed by atoms with E-state index < -0.39 is 70.4 Å². The number of carbonyl (C=O) groups is 3. The summed E-state index contributed by atoms with van der Waals surface area (Å²) in [5.41, 5.74) is 0. The highest BCUT2D eigenvalue weighted by atomic mass is 32.2. The van der Waals surface area contributed by atoms with E-state index in [1.807, 2.05) is 0 Å². The van der Waals surface area contributed by atoms with Crippen molar-refractivity contribution in [2.45, 2.75) is 56.8 Å². The summed E-state index contributed by atoms with van der Waals surface area (Å²) in [6.07, 6.45) is -1.76. The van der Waals surface area contributed by atoms with Crippen molar-refractivity contribution in [3.05, 3.63) is 0 Å². The van der Waals surface area contributed by atoms with Crippen LogP contribution in [-0.2, 0) is 33.6 Å². The molecule has 1 amide bonds. The Morgan fingerprint density at radius 1 is 0.683 bits per heavy atom. The molecule has 0 spiro atoms. The molecule has 0 fully saturated rings. The van der Waals surface area contributed by atoms with Gasteiger partial charge in [0.25, 0.3) is 0 Å².